The van der Waals surface area contributed by atoms with Crippen LogP contribution >= 0.6 is 31.9 Å². The van der Waals surface area contributed by atoms with E-state index >= 15 is 0 Å². The average molecular weight is 378 g/mol. The summed E-state index contributed by atoms with van der Waals surface area (Å²) < 4.78 is 6.83. The maximum absolute atomic E-state index is 5.76. The van der Waals surface area contributed by atoms with Gasteiger partial charge in [0.25, 0.3) is 0 Å². The van der Waals surface area contributed by atoms with E-state index in [9.17, 15) is 0 Å². The number of halogens is 2. The Bertz CT molecular complexity index is 393. The van der Waals surface area contributed by atoms with Crippen LogP contribution in [0.4, 0.5) is 5.82 Å². The van der Waals surface area contributed by atoms with Crippen molar-refractivity contribution in [3.63, 3.8) is 0 Å². The van der Waals surface area contributed by atoms with Crippen LogP contribution in [-0.2, 0) is 4.74 Å². The molecule has 0 amide bonds. The van der Waals surface area contributed by atoms with E-state index in [1.807, 2.05) is 6.20 Å². The summed E-state index contributed by atoms with van der Waals surface area (Å²) in [6, 6.07) is 2.14. The van der Waals surface area contributed by atoms with Crippen molar-refractivity contribution in [2.45, 2.75) is 25.9 Å². The van der Waals surface area contributed by atoms with Crippen molar-refractivity contribution in [2.24, 2.45) is 0 Å². The third-order valence-electron chi connectivity index (χ3n) is 3.23. The van der Waals surface area contributed by atoms with Crippen molar-refractivity contribution in [2.75, 3.05) is 29.9 Å². The van der Waals surface area contributed by atoms with Gasteiger partial charge in [-0.2, -0.15) is 0 Å². The Kier molecular flexibility index (Phi) is 5.45. The number of hydrogen-bond acceptors (Lipinski definition) is 3. The summed E-state index contributed by atoms with van der Waals surface area (Å²) >= 11 is 6.88. The molecule has 0 radical (unpaired) electrons. The maximum Gasteiger partial charge on any atom is 0.128 e. The summed E-state index contributed by atoms with van der Waals surface area (Å²) in [4.78, 5) is 6.82. The van der Waals surface area contributed by atoms with Crippen LogP contribution in [-0.4, -0.2) is 36.1 Å². The Balaban J connectivity index is 1.90. The molecule has 1 aromatic heterocycles. The van der Waals surface area contributed by atoms with Crippen LogP contribution in [0.25, 0.3) is 0 Å². The lowest BCUT2D eigenvalue weighted by molar-refractivity contribution is 0.0480. The van der Waals surface area contributed by atoms with Gasteiger partial charge in [-0.15, -0.1) is 0 Å². The largest absolute Gasteiger partial charge is 0.377 e. The fourth-order valence-corrected chi connectivity index (χ4v) is 2.56. The minimum atomic E-state index is 0.412. The summed E-state index contributed by atoms with van der Waals surface area (Å²) in [5, 5.41) is 0.917. The van der Waals surface area contributed by atoms with Crippen LogP contribution in [0, 0.1) is 6.92 Å². The first-order valence-corrected chi connectivity index (χ1v) is 8.17. The first kappa shape index (κ1) is 14.3. The molecule has 0 unspecified atom stereocenters. The molecule has 2 heterocycles. The van der Waals surface area contributed by atoms with Crippen molar-refractivity contribution < 1.29 is 4.74 Å². The molecule has 2 rings (SSSR count). The molecule has 0 atom stereocenters. The molecule has 0 N–H and O–H groups in total. The molecular weight excluding hydrogens is 360 g/mol. The van der Waals surface area contributed by atoms with Gasteiger partial charge >= 0.3 is 0 Å². The zero-order valence-corrected chi connectivity index (χ0v) is 13.7. The molecule has 1 aromatic rings. The number of aromatic nitrogens is 1. The van der Waals surface area contributed by atoms with Crippen molar-refractivity contribution in [1.29, 1.82) is 0 Å². The number of alkyl halides is 1. The number of pyridine rings is 1. The lowest BCUT2D eigenvalue weighted by Crippen LogP contribution is -2.37. The first-order chi connectivity index (χ1) is 8.70. The van der Waals surface area contributed by atoms with Gasteiger partial charge in [0.1, 0.15) is 5.82 Å². The standard InChI is InChI=1S/C13H18Br2N2O/c1-10-8-13(16-9-12(10)15)17-5-2-11(3-6-17)18-7-4-14/h8-9,11H,2-7H2,1H3. The van der Waals surface area contributed by atoms with E-state index < -0.39 is 0 Å². The van der Waals surface area contributed by atoms with Gasteiger partial charge in [-0.25, -0.2) is 4.98 Å². The van der Waals surface area contributed by atoms with E-state index in [-0.39, 0.29) is 0 Å². The molecule has 0 spiro atoms. The van der Waals surface area contributed by atoms with Crippen molar-refractivity contribution in [3.8, 4) is 0 Å². The van der Waals surface area contributed by atoms with Gasteiger partial charge in [0.05, 0.1) is 12.7 Å². The minimum Gasteiger partial charge on any atom is -0.377 e. The summed E-state index contributed by atoms with van der Waals surface area (Å²) in [7, 11) is 0. The Labute approximate surface area is 125 Å². The van der Waals surface area contributed by atoms with Gasteiger partial charge in [-0.05, 0) is 47.3 Å². The van der Waals surface area contributed by atoms with Gasteiger partial charge in [-0.1, -0.05) is 15.9 Å². The number of nitrogens with zero attached hydrogens (tertiary/aromatic N) is 2. The third-order valence-corrected chi connectivity index (χ3v) is 4.38. The Morgan fingerprint density at radius 2 is 2.17 bits per heavy atom. The van der Waals surface area contributed by atoms with Gasteiger partial charge in [0.2, 0.25) is 0 Å². The number of rotatable bonds is 4. The number of ether oxygens (including phenoxy) is 1. The zero-order valence-electron chi connectivity index (χ0n) is 10.5. The van der Waals surface area contributed by atoms with E-state index in [0.717, 1.165) is 48.2 Å². The number of hydrogen-bond donors (Lipinski definition) is 0. The van der Waals surface area contributed by atoms with Gasteiger partial charge in [0, 0.05) is 29.1 Å². The van der Waals surface area contributed by atoms with Crippen molar-refractivity contribution >= 4 is 37.7 Å². The summed E-state index contributed by atoms with van der Waals surface area (Å²) in [5.41, 5.74) is 1.23. The van der Waals surface area contributed by atoms with Gasteiger partial charge in [0.15, 0.2) is 0 Å². The molecule has 3 nitrogen and oxygen atoms in total. The maximum atomic E-state index is 5.76. The minimum absolute atomic E-state index is 0.412. The van der Waals surface area contributed by atoms with E-state index in [1.54, 1.807) is 0 Å². The fourth-order valence-electron chi connectivity index (χ4n) is 2.16. The molecule has 18 heavy (non-hydrogen) atoms. The molecule has 0 bridgehead atoms. The van der Waals surface area contributed by atoms with E-state index in [4.69, 9.17) is 4.74 Å². The van der Waals surface area contributed by atoms with Crippen LogP contribution < -0.4 is 4.90 Å². The van der Waals surface area contributed by atoms with Crippen molar-refractivity contribution in [3.05, 3.63) is 22.3 Å². The first-order valence-electron chi connectivity index (χ1n) is 6.25. The van der Waals surface area contributed by atoms with Gasteiger partial charge in [-0.3, -0.25) is 0 Å². The van der Waals surface area contributed by atoms with E-state index in [1.165, 1.54) is 5.56 Å². The Hall–Kier alpha value is -0.130. The number of piperidine rings is 1. The summed E-state index contributed by atoms with van der Waals surface area (Å²) in [6.45, 7) is 4.96. The molecule has 1 aliphatic rings. The second-order valence-electron chi connectivity index (χ2n) is 4.54. The lowest BCUT2D eigenvalue weighted by Gasteiger charge is -2.32. The second-order valence-corrected chi connectivity index (χ2v) is 6.19. The Morgan fingerprint density at radius 3 is 2.78 bits per heavy atom. The van der Waals surface area contributed by atoms with Crippen LogP contribution in [0.5, 0.6) is 0 Å². The zero-order chi connectivity index (χ0) is 13.0. The predicted molar refractivity (Wildman–Crippen MR) is 81.7 cm³/mol. The topological polar surface area (TPSA) is 25.4 Å². The molecule has 1 fully saturated rings. The van der Waals surface area contributed by atoms with E-state index in [2.05, 4.69) is 54.7 Å². The highest BCUT2D eigenvalue weighted by Crippen LogP contribution is 2.23. The Morgan fingerprint density at radius 1 is 1.44 bits per heavy atom. The second kappa shape index (κ2) is 6.87. The number of anilines is 1. The molecule has 5 heteroatoms. The molecule has 0 aromatic carbocycles. The van der Waals surface area contributed by atoms with Crippen molar-refractivity contribution in [1.82, 2.24) is 4.98 Å². The third kappa shape index (κ3) is 3.68. The SMILES string of the molecule is Cc1cc(N2CCC(OCCBr)CC2)ncc1Br. The monoisotopic (exact) mass is 376 g/mol. The molecule has 1 aliphatic heterocycles. The van der Waals surface area contributed by atoms with E-state index in [0.29, 0.717) is 6.10 Å². The smallest absolute Gasteiger partial charge is 0.128 e. The average Bonchev–Trinajstić information content (AvgIpc) is 2.40. The number of aryl methyl sites for hydroxylation is 1. The molecule has 100 valence electrons. The van der Waals surface area contributed by atoms with Crippen LogP contribution in [0.15, 0.2) is 16.7 Å². The summed E-state index contributed by atoms with van der Waals surface area (Å²) in [6.07, 6.45) is 4.47. The molecular formula is C13H18Br2N2O. The lowest BCUT2D eigenvalue weighted by atomic mass is 10.1. The van der Waals surface area contributed by atoms with Gasteiger partial charge < -0.3 is 9.64 Å². The highest BCUT2D eigenvalue weighted by atomic mass is 79.9. The van der Waals surface area contributed by atoms with Crippen LogP contribution in [0.3, 0.4) is 0 Å². The molecule has 0 aliphatic carbocycles. The highest BCUT2D eigenvalue weighted by Gasteiger charge is 2.20. The fraction of sp³-hybridized carbons (Fsp3) is 0.615. The predicted octanol–water partition coefficient (Wildman–Crippen LogP) is 3.53. The molecule has 0 saturated carbocycles. The molecule has 1 saturated heterocycles. The summed E-state index contributed by atoms with van der Waals surface area (Å²) in [5.74, 6) is 1.08. The normalized spacial score (nSPS) is 17.2. The van der Waals surface area contributed by atoms with Crippen LogP contribution in [0.1, 0.15) is 18.4 Å². The quantitative estimate of drug-likeness (QED) is 0.750. The highest BCUT2D eigenvalue weighted by molar-refractivity contribution is 9.10. The van der Waals surface area contributed by atoms with Crippen LogP contribution in [0.2, 0.25) is 0 Å².